The van der Waals surface area contributed by atoms with Crippen LogP contribution in [-0.4, -0.2) is 23.3 Å². The molecule has 0 amide bonds. The van der Waals surface area contributed by atoms with Gasteiger partial charge in [0.1, 0.15) is 9.88 Å². The Morgan fingerprint density at radius 1 is 1.33 bits per heavy atom. The Labute approximate surface area is 135 Å². The lowest BCUT2D eigenvalue weighted by atomic mass is 10.2. The average molecular weight is 344 g/mol. The largest absolute Gasteiger partial charge is 0.461 e. The maximum absolute atomic E-state index is 11.9. The smallest absolute Gasteiger partial charge is 0.358 e. The summed E-state index contributed by atoms with van der Waals surface area (Å²) in [7, 11) is 0. The van der Waals surface area contributed by atoms with Gasteiger partial charge in [-0.1, -0.05) is 35.3 Å². The molecule has 0 spiro atoms. The van der Waals surface area contributed by atoms with Gasteiger partial charge >= 0.3 is 5.97 Å². The minimum Gasteiger partial charge on any atom is -0.461 e. The predicted octanol–water partition coefficient (Wildman–Crippen LogP) is 4.50. The van der Waals surface area contributed by atoms with Crippen LogP contribution in [0.1, 0.15) is 34.0 Å². The van der Waals surface area contributed by atoms with Gasteiger partial charge in [0, 0.05) is 12.5 Å². The first kappa shape index (κ1) is 15.9. The maximum atomic E-state index is 11.9. The number of hydrogen-bond donors (Lipinski definition) is 0. The second kappa shape index (κ2) is 6.56. The number of Topliss-reactive ketones (excluding diaryl/α,β-unsaturated/α-hetero) is 1. The minimum absolute atomic E-state index is 0.0143. The Kier molecular flexibility index (Phi) is 4.98. The van der Waals surface area contributed by atoms with Crippen molar-refractivity contribution in [2.75, 3.05) is 6.61 Å². The van der Waals surface area contributed by atoms with E-state index < -0.39 is 5.97 Å². The highest BCUT2D eigenvalue weighted by Crippen LogP contribution is 2.36. The molecule has 0 unspecified atom stereocenters. The van der Waals surface area contributed by atoms with Crippen molar-refractivity contribution in [3.63, 3.8) is 0 Å². The number of esters is 1. The van der Waals surface area contributed by atoms with Crippen LogP contribution in [0.3, 0.4) is 0 Å². The van der Waals surface area contributed by atoms with Gasteiger partial charge in [-0.25, -0.2) is 9.78 Å². The van der Waals surface area contributed by atoms with Crippen LogP contribution >= 0.6 is 34.5 Å². The number of ketones is 1. The highest BCUT2D eigenvalue weighted by molar-refractivity contribution is 7.17. The molecule has 0 radical (unpaired) electrons. The van der Waals surface area contributed by atoms with Crippen molar-refractivity contribution in [2.24, 2.45) is 0 Å². The molecule has 7 heteroatoms. The van der Waals surface area contributed by atoms with Crippen molar-refractivity contribution >= 4 is 46.3 Å². The third-order valence-electron chi connectivity index (χ3n) is 2.60. The van der Waals surface area contributed by atoms with Gasteiger partial charge in [0.15, 0.2) is 11.5 Å². The van der Waals surface area contributed by atoms with Crippen molar-refractivity contribution in [3.05, 3.63) is 38.8 Å². The monoisotopic (exact) mass is 343 g/mol. The van der Waals surface area contributed by atoms with E-state index in [-0.39, 0.29) is 23.0 Å². The highest BCUT2D eigenvalue weighted by Gasteiger charge is 2.23. The van der Waals surface area contributed by atoms with Crippen LogP contribution in [0.2, 0.25) is 10.0 Å². The molecule has 0 fully saturated rings. The number of hydrogen-bond acceptors (Lipinski definition) is 5. The normalized spacial score (nSPS) is 10.5. The molecule has 0 aliphatic heterocycles. The number of carbonyl (C=O) groups excluding carboxylic acids is 2. The van der Waals surface area contributed by atoms with E-state index in [1.807, 2.05) is 0 Å². The van der Waals surface area contributed by atoms with Crippen LogP contribution in [0.25, 0.3) is 10.6 Å². The maximum Gasteiger partial charge on any atom is 0.358 e. The van der Waals surface area contributed by atoms with Gasteiger partial charge in [0.25, 0.3) is 0 Å². The molecule has 1 aromatic carbocycles. The van der Waals surface area contributed by atoms with Crippen LogP contribution in [0, 0.1) is 0 Å². The average Bonchev–Trinajstić information content (AvgIpc) is 2.87. The predicted molar refractivity (Wildman–Crippen MR) is 83.5 cm³/mol. The summed E-state index contributed by atoms with van der Waals surface area (Å²) >= 11 is 13.2. The lowest BCUT2D eigenvalue weighted by molar-refractivity contribution is 0.0517. The van der Waals surface area contributed by atoms with E-state index >= 15 is 0 Å². The van der Waals surface area contributed by atoms with Gasteiger partial charge in [-0.3, -0.25) is 4.79 Å². The molecule has 2 rings (SSSR count). The second-order valence-electron chi connectivity index (χ2n) is 4.07. The lowest BCUT2D eigenvalue weighted by Gasteiger charge is -2.01. The van der Waals surface area contributed by atoms with Crippen molar-refractivity contribution in [1.29, 1.82) is 0 Å². The molecule has 0 aliphatic rings. The number of thiazole rings is 1. The summed E-state index contributed by atoms with van der Waals surface area (Å²) in [5.74, 6) is -0.872. The van der Waals surface area contributed by atoms with Crippen LogP contribution in [0.5, 0.6) is 0 Å². The summed E-state index contributed by atoms with van der Waals surface area (Å²) < 4.78 is 4.92. The molecule has 0 atom stereocenters. The first-order valence-electron chi connectivity index (χ1n) is 6.09. The number of nitrogens with zero attached hydrogens (tertiary/aromatic N) is 1. The van der Waals surface area contributed by atoms with Crippen LogP contribution in [0.4, 0.5) is 0 Å². The Hall–Kier alpha value is -1.43. The summed E-state index contributed by atoms with van der Waals surface area (Å²) in [4.78, 5) is 28.0. The van der Waals surface area contributed by atoms with E-state index in [1.165, 1.54) is 6.92 Å². The Morgan fingerprint density at radius 2 is 2.05 bits per heavy atom. The molecule has 110 valence electrons. The summed E-state index contributed by atoms with van der Waals surface area (Å²) in [5, 5.41) is 1.17. The molecule has 0 saturated carbocycles. The molecular weight excluding hydrogens is 333 g/mol. The third kappa shape index (κ3) is 3.26. The second-order valence-corrected chi connectivity index (χ2v) is 5.86. The van der Waals surface area contributed by atoms with Crippen molar-refractivity contribution in [1.82, 2.24) is 4.98 Å². The van der Waals surface area contributed by atoms with Crippen LogP contribution in [0.15, 0.2) is 18.2 Å². The molecule has 0 N–H and O–H groups in total. The Balaban J connectivity index is 2.56. The van der Waals surface area contributed by atoms with E-state index in [0.29, 0.717) is 20.6 Å². The number of aromatic nitrogens is 1. The number of rotatable bonds is 4. The van der Waals surface area contributed by atoms with E-state index in [2.05, 4.69) is 4.98 Å². The summed E-state index contributed by atoms with van der Waals surface area (Å²) in [5.41, 5.74) is 0.590. The molecule has 4 nitrogen and oxygen atoms in total. The zero-order valence-corrected chi connectivity index (χ0v) is 13.6. The van der Waals surface area contributed by atoms with Crippen molar-refractivity contribution in [2.45, 2.75) is 13.8 Å². The van der Waals surface area contributed by atoms with E-state index in [0.717, 1.165) is 11.3 Å². The third-order valence-corrected chi connectivity index (χ3v) is 4.61. The number of carbonyl (C=O) groups is 2. The topological polar surface area (TPSA) is 56.3 Å². The Bertz CT molecular complexity index is 712. The zero-order chi connectivity index (χ0) is 15.6. The van der Waals surface area contributed by atoms with E-state index in [9.17, 15) is 9.59 Å². The molecule has 2 aromatic rings. The van der Waals surface area contributed by atoms with Crippen LogP contribution < -0.4 is 0 Å². The Morgan fingerprint density at radius 3 is 2.67 bits per heavy atom. The SMILES string of the molecule is CCOC(=O)c1nc(-c2cccc(Cl)c2Cl)sc1C(C)=O. The number of ether oxygens (including phenoxy) is 1. The highest BCUT2D eigenvalue weighted by atomic mass is 35.5. The summed E-state index contributed by atoms with van der Waals surface area (Å²) in [6.45, 7) is 3.27. The van der Waals surface area contributed by atoms with Gasteiger partial charge in [-0.05, 0) is 13.0 Å². The molecule has 0 aliphatic carbocycles. The minimum atomic E-state index is -0.622. The molecule has 1 aromatic heterocycles. The fraction of sp³-hybridized carbons (Fsp3) is 0.214. The fourth-order valence-corrected chi connectivity index (χ4v) is 3.11. The first-order valence-corrected chi connectivity index (χ1v) is 7.66. The van der Waals surface area contributed by atoms with Gasteiger partial charge in [-0.15, -0.1) is 11.3 Å². The zero-order valence-electron chi connectivity index (χ0n) is 11.3. The number of halogens is 2. The quantitative estimate of drug-likeness (QED) is 0.605. The lowest BCUT2D eigenvalue weighted by Crippen LogP contribution is -2.09. The van der Waals surface area contributed by atoms with Gasteiger partial charge in [0.05, 0.1) is 16.7 Å². The van der Waals surface area contributed by atoms with Gasteiger partial charge in [-0.2, -0.15) is 0 Å². The van der Waals surface area contributed by atoms with E-state index in [1.54, 1.807) is 25.1 Å². The molecular formula is C14H11Cl2NO3S. The molecule has 0 saturated heterocycles. The van der Waals surface area contributed by atoms with Gasteiger partial charge < -0.3 is 4.74 Å². The molecule has 0 bridgehead atoms. The van der Waals surface area contributed by atoms with E-state index in [4.69, 9.17) is 27.9 Å². The standard InChI is InChI=1S/C14H11Cl2NO3S/c1-3-20-14(19)11-12(7(2)18)21-13(17-11)8-5-4-6-9(15)10(8)16/h4-6H,3H2,1-2H3. The summed E-state index contributed by atoms with van der Waals surface area (Å²) in [6, 6.07) is 5.10. The van der Waals surface area contributed by atoms with Gasteiger partial charge in [0.2, 0.25) is 0 Å². The summed E-state index contributed by atoms with van der Waals surface area (Å²) in [6.07, 6.45) is 0. The molecule has 1 heterocycles. The molecule has 21 heavy (non-hydrogen) atoms. The van der Waals surface area contributed by atoms with Crippen LogP contribution in [-0.2, 0) is 4.74 Å². The first-order chi connectivity index (χ1) is 9.95. The van der Waals surface area contributed by atoms with Crippen molar-refractivity contribution < 1.29 is 14.3 Å². The van der Waals surface area contributed by atoms with Crippen molar-refractivity contribution in [3.8, 4) is 10.6 Å². The fourth-order valence-electron chi connectivity index (χ4n) is 1.68. The number of benzene rings is 1.